The molecule has 1 rings (SSSR count). The highest BCUT2D eigenvalue weighted by atomic mass is 16.4. The summed E-state index contributed by atoms with van der Waals surface area (Å²) in [6.45, 7) is 1.71. The van der Waals surface area contributed by atoms with Crippen LogP contribution in [0.2, 0.25) is 0 Å². The molecule has 0 atom stereocenters. The normalized spacial score (nSPS) is 10.1. The molecule has 1 aromatic rings. The summed E-state index contributed by atoms with van der Waals surface area (Å²) in [6, 6.07) is 5.70. The van der Waals surface area contributed by atoms with Gasteiger partial charge < -0.3 is 27.2 Å². The van der Waals surface area contributed by atoms with E-state index < -0.39 is 6.09 Å². The van der Waals surface area contributed by atoms with Gasteiger partial charge in [-0.2, -0.15) is 0 Å². The molecule has 7 N–H and O–H groups in total. The van der Waals surface area contributed by atoms with Crippen LogP contribution in [0.4, 0.5) is 16.2 Å². The Bertz CT molecular complexity index is 396. The number of nitrogens with two attached hydrogens (primary N) is 2. The molecule has 0 aliphatic rings. The number of hydrogen-bond acceptors (Lipinski definition) is 4. The van der Waals surface area contributed by atoms with E-state index in [4.69, 9.17) is 16.6 Å². The molecular formula is C12H20N4O2. The van der Waals surface area contributed by atoms with Crippen LogP contribution in [0.5, 0.6) is 0 Å². The second-order valence-electron chi connectivity index (χ2n) is 3.99. The Morgan fingerprint density at radius 3 is 2.61 bits per heavy atom. The predicted molar refractivity (Wildman–Crippen MR) is 72.5 cm³/mol. The summed E-state index contributed by atoms with van der Waals surface area (Å²) in [4.78, 5) is 10.2. The van der Waals surface area contributed by atoms with Crippen LogP contribution in [0.1, 0.15) is 18.4 Å². The molecule has 0 saturated heterocycles. The summed E-state index contributed by atoms with van der Waals surface area (Å²) < 4.78 is 0. The summed E-state index contributed by atoms with van der Waals surface area (Å²) in [7, 11) is 0. The minimum Gasteiger partial charge on any atom is -0.465 e. The maximum absolute atomic E-state index is 10.2. The Kier molecular flexibility index (Phi) is 5.79. The van der Waals surface area contributed by atoms with Gasteiger partial charge in [-0.05, 0) is 30.5 Å². The molecule has 0 aliphatic carbocycles. The molecule has 1 aromatic carbocycles. The molecule has 6 nitrogen and oxygen atoms in total. The van der Waals surface area contributed by atoms with Crippen molar-refractivity contribution in [2.45, 2.75) is 19.4 Å². The number of anilines is 2. The number of hydrogen-bond donors (Lipinski definition) is 5. The van der Waals surface area contributed by atoms with Crippen LogP contribution < -0.4 is 22.1 Å². The predicted octanol–water partition coefficient (Wildman–Crippen LogP) is 1.19. The smallest absolute Gasteiger partial charge is 0.404 e. The molecule has 6 heteroatoms. The lowest BCUT2D eigenvalue weighted by Crippen LogP contribution is -2.22. The Hall–Kier alpha value is -1.95. The lowest BCUT2D eigenvalue weighted by atomic mass is 10.1. The Balaban J connectivity index is 2.25. The van der Waals surface area contributed by atoms with Gasteiger partial charge in [0, 0.05) is 19.6 Å². The van der Waals surface area contributed by atoms with E-state index in [1.54, 1.807) is 0 Å². The molecule has 0 unspecified atom stereocenters. The van der Waals surface area contributed by atoms with E-state index in [0.29, 0.717) is 18.8 Å². The van der Waals surface area contributed by atoms with Crippen molar-refractivity contribution in [2.24, 2.45) is 5.73 Å². The molecular weight excluding hydrogens is 232 g/mol. The van der Waals surface area contributed by atoms with Crippen molar-refractivity contribution in [3.8, 4) is 0 Å². The average Bonchev–Trinajstić information content (AvgIpc) is 2.34. The van der Waals surface area contributed by atoms with Crippen molar-refractivity contribution in [3.63, 3.8) is 0 Å². The van der Waals surface area contributed by atoms with E-state index in [9.17, 15) is 4.79 Å². The third-order valence-electron chi connectivity index (χ3n) is 2.55. The topological polar surface area (TPSA) is 113 Å². The van der Waals surface area contributed by atoms with Crippen LogP contribution in [0.15, 0.2) is 18.2 Å². The van der Waals surface area contributed by atoms with E-state index in [1.165, 1.54) is 0 Å². The first kappa shape index (κ1) is 14.1. The minimum absolute atomic E-state index is 0.471. The minimum atomic E-state index is -0.982. The van der Waals surface area contributed by atoms with Gasteiger partial charge in [-0.25, -0.2) is 4.79 Å². The fraction of sp³-hybridized carbons (Fsp3) is 0.417. The monoisotopic (exact) mass is 252 g/mol. The van der Waals surface area contributed by atoms with Crippen molar-refractivity contribution >= 4 is 17.5 Å². The Morgan fingerprint density at radius 2 is 2.00 bits per heavy atom. The number of rotatable bonds is 7. The summed E-state index contributed by atoms with van der Waals surface area (Å²) in [5.41, 5.74) is 14.0. The number of amides is 1. The molecule has 0 heterocycles. The first-order valence-corrected chi connectivity index (χ1v) is 5.92. The number of benzene rings is 1. The second-order valence-corrected chi connectivity index (χ2v) is 3.99. The number of carboxylic acid groups (broad SMARTS) is 1. The molecule has 0 fully saturated rings. The van der Waals surface area contributed by atoms with E-state index in [-0.39, 0.29) is 0 Å². The molecule has 0 saturated carbocycles. The van der Waals surface area contributed by atoms with Crippen LogP contribution in [-0.2, 0) is 6.54 Å². The zero-order chi connectivity index (χ0) is 13.4. The molecule has 0 spiro atoms. The van der Waals surface area contributed by atoms with Crippen molar-refractivity contribution in [1.29, 1.82) is 0 Å². The van der Waals surface area contributed by atoms with Gasteiger partial charge in [-0.1, -0.05) is 6.07 Å². The zero-order valence-corrected chi connectivity index (χ0v) is 10.3. The van der Waals surface area contributed by atoms with Crippen LogP contribution in [0.3, 0.4) is 0 Å². The van der Waals surface area contributed by atoms with Gasteiger partial charge in [0.25, 0.3) is 0 Å². The average molecular weight is 252 g/mol. The third-order valence-corrected chi connectivity index (χ3v) is 2.55. The highest BCUT2D eigenvalue weighted by Crippen LogP contribution is 2.19. The largest absolute Gasteiger partial charge is 0.465 e. The van der Waals surface area contributed by atoms with Crippen LogP contribution in [0.25, 0.3) is 0 Å². The fourth-order valence-electron chi connectivity index (χ4n) is 1.57. The first-order chi connectivity index (χ1) is 8.63. The van der Waals surface area contributed by atoms with Crippen molar-refractivity contribution in [3.05, 3.63) is 23.8 Å². The Morgan fingerprint density at radius 1 is 1.28 bits per heavy atom. The molecule has 0 aliphatic heterocycles. The molecule has 100 valence electrons. The van der Waals surface area contributed by atoms with Crippen LogP contribution in [0, 0.1) is 0 Å². The Labute approximate surface area is 106 Å². The lowest BCUT2D eigenvalue weighted by molar-refractivity contribution is 0.194. The summed E-state index contributed by atoms with van der Waals surface area (Å²) >= 11 is 0. The molecule has 18 heavy (non-hydrogen) atoms. The van der Waals surface area contributed by atoms with Crippen LogP contribution >= 0.6 is 0 Å². The summed E-state index contributed by atoms with van der Waals surface area (Å²) in [6.07, 6.45) is 0.683. The van der Waals surface area contributed by atoms with E-state index in [2.05, 4.69) is 10.6 Å². The highest BCUT2D eigenvalue weighted by molar-refractivity contribution is 5.67. The maximum atomic E-state index is 10.2. The molecule has 0 bridgehead atoms. The third kappa shape index (κ3) is 4.92. The number of nitrogen functional groups attached to an aromatic ring is 1. The lowest BCUT2D eigenvalue weighted by Gasteiger charge is -2.10. The van der Waals surface area contributed by atoms with Gasteiger partial charge in [-0.3, -0.25) is 0 Å². The summed E-state index contributed by atoms with van der Waals surface area (Å²) in [5.74, 6) is 0. The molecule has 0 radical (unpaired) electrons. The van der Waals surface area contributed by atoms with Gasteiger partial charge in [0.15, 0.2) is 0 Å². The standard InChI is InChI=1S/C12H20N4O2/c13-8-9-3-4-11(10(14)7-9)15-5-1-2-6-16-12(17)18/h3-4,7,15-16H,1-2,5-6,8,13-14H2,(H,17,18). The van der Waals surface area contributed by atoms with Crippen LogP contribution in [-0.4, -0.2) is 24.3 Å². The highest BCUT2D eigenvalue weighted by Gasteiger charge is 1.99. The number of carbonyl (C=O) groups is 1. The van der Waals surface area contributed by atoms with E-state index >= 15 is 0 Å². The number of nitrogens with one attached hydrogen (secondary N) is 2. The van der Waals surface area contributed by atoms with Gasteiger partial charge in [0.2, 0.25) is 0 Å². The SMILES string of the molecule is NCc1ccc(NCCCCNC(=O)O)c(N)c1. The van der Waals surface area contributed by atoms with Crippen molar-refractivity contribution < 1.29 is 9.90 Å². The zero-order valence-electron chi connectivity index (χ0n) is 10.3. The first-order valence-electron chi connectivity index (χ1n) is 5.92. The van der Waals surface area contributed by atoms with Crippen molar-refractivity contribution in [1.82, 2.24) is 5.32 Å². The van der Waals surface area contributed by atoms with Gasteiger partial charge in [0.05, 0.1) is 11.4 Å². The van der Waals surface area contributed by atoms with Gasteiger partial charge in [0.1, 0.15) is 0 Å². The van der Waals surface area contributed by atoms with Gasteiger partial charge >= 0.3 is 6.09 Å². The van der Waals surface area contributed by atoms with E-state index in [1.807, 2.05) is 18.2 Å². The quantitative estimate of drug-likeness (QED) is 0.369. The van der Waals surface area contributed by atoms with Gasteiger partial charge in [-0.15, -0.1) is 0 Å². The summed E-state index contributed by atoms with van der Waals surface area (Å²) in [5, 5.41) is 13.9. The second kappa shape index (κ2) is 7.39. The number of unbranched alkanes of at least 4 members (excludes halogenated alkanes) is 1. The molecule has 0 aromatic heterocycles. The fourth-order valence-corrected chi connectivity index (χ4v) is 1.57. The van der Waals surface area contributed by atoms with E-state index in [0.717, 1.165) is 30.6 Å². The van der Waals surface area contributed by atoms with Crippen molar-refractivity contribution in [2.75, 3.05) is 24.1 Å². The molecule has 1 amide bonds. The maximum Gasteiger partial charge on any atom is 0.404 e.